The Hall–Kier alpha value is -2.30. The van der Waals surface area contributed by atoms with E-state index in [4.69, 9.17) is 25.8 Å². The fraction of sp³-hybridized carbons (Fsp3) is 0.444. The molecule has 1 aliphatic heterocycles. The van der Waals surface area contributed by atoms with Gasteiger partial charge in [-0.1, -0.05) is 25.4 Å². The molecule has 9 nitrogen and oxygen atoms in total. The lowest BCUT2D eigenvalue weighted by atomic mass is 10.3. The summed E-state index contributed by atoms with van der Waals surface area (Å²) in [5.41, 5.74) is 0.0873. The van der Waals surface area contributed by atoms with Gasteiger partial charge in [0.05, 0.1) is 15.6 Å². The Morgan fingerprint density at radius 3 is 2.55 bits per heavy atom. The lowest BCUT2D eigenvalue weighted by Gasteiger charge is -2.20. The van der Waals surface area contributed by atoms with Crippen LogP contribution in [0.25, 0.3) is 0 Å². The van der Waals surface area contributed by atoms with Gasteiger partial charge < -0.3 is 19.5 Å². The van der Waals surface area contributed by atoms with Crippen molar-refractivity contribution in [3.63, 3.8) is 0 Å². The number of carbonyl (C=O) groups excluding carboxylic acids is 2. The summed E-state index contributed by atoms with van der Waals surface area (Å²) < 4.78 is 41.7. The minimum atomic E-state index is -3.73. The first kappa shape index (κ1) is 23.0. The molecule has 2 rings (SSSR count). The van der Waals surface area contributed by atoms with Crippen LogP contribution in [0.15, 0.2) is 35.1 Å². The second-order valence-electron chi connectivity index (χ2n) is 5.97. The maximum atomic E-state index is 12.7. The topological polar surface area (TPSA) is 111 Å². The lowest BCUT2D eigenvalue weighted by Crippen LogP contribution is -2.32. The molecule has 1 amide bonds. The van der Waals surface area contributed by atoms with Crippen LogP contribution in [0, 0.1) is 0 Å². The van der Waals surface area contributed by atoms with E-state index in [1.165, 1.54) is 29.4 Å². The number of rotatable bonds is 8. The minimum Gasteiger partial charge on any atom is -0.493 e. The summed E-state index contributed by atoms with van der Waals surface area (Å²) in [6.45, 7) is 5.94. The lowest BCUT2D eigenvalue weighted by molar-refractivity contribution is -0.153. The van der Waals surface area contributed by atoms with Crippen LogP contribution in [-0.4, -0.2) is 57.0 Å². The third-order valence-corrected chi connectivity index (χ3v) is 6.42. The number of carbonyl (C=O) groups is 2. The van der Waals surface area contributed by atoms with E-state index in [0.717, 1.165) is 6.26 Å². The second kappa shape index (κ2) is 9.95. The Labute approximate surface area is 174 Å². The van der Waals surface area contributed by atoms with Gasteiger partial charge in [-0.25, -0.2) is 13.2 Å². The molecule has 1 atom stereocenters. The summed E-state index contributed by atoms with van der Waals surface area (Å²) >= 11 is 6.09. The van der Waals surface area contributed by atoms with Crippen molar-refractivity contribution >= 4 is 39.2 Å². The van der Waals surface area contributed by atoms with Crippen molar-refractivity contribution < 1.29 is 32.2 Å². The van der Waals surface area contributed by atoms with E-state index in [1.807, 2.05) is 0 Å². The van der Waals surface area contributed by atoms with Crippen molar-refractivity contribution in [2.24, 2.45) is 0 Å². The first-order valence-electron chi connectivity index (χ1n) is 8.96. The van der Waals surface area contributed by atoms with E-state index in [0.29, 0.717) is 19.7 Å². The Kier molecular flexibility index (Phi) is 7.88. The molecule has 1 aromatic rings. The summed E-state index contributed by atoms with van der Waals surface area (Å²) in [5.74, 6) is -1.67. The molecule has 1 aliphatic rings. The molecule has 0 unspecified atom stereocenters. The Balaban J connectivity index is 2.13. The molecule has 0 fully saturated rings. The average molecular weight is 447 g/mol. The van der Waals surface area contributed by atoms with Gasteiger partial charge in [0.2, 0.25) is 15.8 Å². The molecule has 0 saturated heterocycles. The van der Waals surface area contributed by atoms with Gasteiger partial charge in [0.15, 0.2) is 6.10 Å². The van der Waals surface area contributed by atoms with Crippen LogP contribution in [0.4, 0.5) is 5.69 Å². The number of hydrogen-bond donors (Lipinski definition) is 1. The van der Waals surface area contributed by atoms with Crippen LogP contribution in [0.3, 0.4) is 0 Å². The Bertz CT molecular complexity index is 897. The Morgan fingerprint density at radius 2 is 1.97 bits per heavy atom. The molecule has 29 heavy (non-hydrogen) atoms. The third kappa shape index (κ3) is 5.62. The number of ether oxygens (including phenoxy) is 3. The highest BCUT2D eigenvalue weighted by Crippen LogP contribution is 2.27. The fourth-order valence-corrected chi connectivity index (χ4v) is 4.10. The number of esters is 1. The molecule has 0 aliphatic carbocycles. The number of hydrogen-bond acceptors (Lipinski definition) is 7. The first-order valence-corrected chi connectivity index (χ1v) is 10.8. The number of halogens is 1. The van der Waals surface area contributed by atoms with Gasteiger partial charge >= 0.3 is 5.97 Å². The van der Waals surface area contributed by atoms with Gasteiger partial charge in [0.25, 0.3) is 5.91 Å². The summed E-state index contributed by atoms with van der Waals surface area (Å²) in [5, 5.41) is 2.62. The van der Waals surface area contributed by atoms with Gasteiger partial charge in [-0.15, -0.1) is 0 Å². The van der Waals surface area contributed by atoms with E-state index in [-0.39, 0.29) is 28.0 Å². The number of benzene rings is 1. The highest BCUT2D eigenvalue weighted by Gasteiger charge is 2.26. The summed E-state index contributed by atoms with van der Waals surface area (Å²) in [4.78, 5) is 24.4. The molecule has 0 bridgehead atoms. The molecular weight excluding hydrogens is 424 g/mol. The molecular formula is C18H23ClN2O7S. The van der Waals surface area contributed by atoms with Gasteiger partial charge in [-0.3, -0.25) is 4.79 Å². The first-order chi connectivity index (χ1) is 13.7. The predicted molar refractivity (Wildman–Crippen MR) is 106 cm³/mol. The van der Waals surface area contributed by atoms with Crippen LogP contribution in [0.1, 0.15) is 20.8 Å². The smallest absolute Gasteiger partial charge is 0.377 e. The normalized spacial score (nSPS) is 15.0. The number of nitrogens with one attached hydrogen (secondary N) is 1. The maximum absolute atomic E-state index is 12.7. The zero-order chi connectivity index (χ0) is 21.6. The SMILES string of the molecule is CCN(CC)S(=O)(=O)c1ccc(Cl)c(NC(=O)[C@@H](C)OC(=O)C2=COCCO2)c1. The summed E-state index contributed by atoms with van der Waals surface area (Å²) in [6.07, 6.45) is -0.0671. The van der Waals surface area contributed by atoms with Crippen molar-refractivity contribution in [1.82, 2.24) is 4.31 Å². The van der Waals surface area contributed by atoms with Crippen LogP contribution in [0.2, 0.25) is 5.02 Å². The minimum absolute atomic E-state index is 0.0107. The highest BCUT2D eigenvalue weighted by molar-refractivity contribution is 7.89. The van der Waals surface area contributed by atoms with Crippen molar-refractivity contribution in [3.05, 3.63) is 35.2 Å². The zero-order valence-corrected chi connectivity index (χ0v) is 17.9. The fourth-order valence-electron chi connectivity index (χ4n) is 2.46. The van der Waals surface area contributed by atoms with Crippen molar-refractivity contribution in [2.75, 3.05) is 31.6 Å². The molecule has 11 heteroatoms. The monoisotopic (exact) mass is 446 g/mol. The van der Waals surface area contributed by atoms with Gasteiger partial charge in [0, 0.05) is 13.1 Å². The van der Waals surface area contributed by atoms with Crippen molar-refractivity contribution in [2.45, 2.75) is 31.8 Å². The maximum Gasteiger partial charge on any atom is 0.377 e. The van der Waals surface area contributed by atoms with Crippen LogP contribution < -0.4 is 5.32 Å². The highest BCUT2D eigenvalue weighted by atomic mass is 35.5. The molecule has 0 aromatic heterocycles. The molecule has 1 aromatic carbocycles. The van der Waals surface area contributed by atoms with Crippen LogP contribution >= 0.6 is 11.6 Å². The van der Waals surface area contributed by atoms with Gasteiger partial charge in [0.1, 0.15) is 19.5 Å². The number of sulfonamides is 1. The van der Waals surface area contributed by atoms with E-state index < -0.39 is 28.0 Å². The number of anilines is 1. The van der Waals surface area contributed by atoms with E-state index in [9.17, 15) is 18.0 Å². The summed E-state index contributed by atoms with van der Waals surface area (Å²) in [6, 6.07) is 4.01. The average Bonchev–Trinajstić information content (AvgIpc) is 2.70. The van der Waals surface area contributed by atoms with Crippen molar-refractivity contribution in [3.8, 4) is 0 Å². The molecule has 160 valence electrons. The van der Waals surface area contributed by atoms with E-state index in [1.54, 1.807) is 13.8 Å². The zero-order valence-electron chi connectivity index (χ0n) is 16.3. The van der Waals surface area contributed by atoms with Crippen LogP contribution in [0.5, 0.6) is 0 Å². The largest absolute Gasteiger partial charge is 0.493 e. The molecule has 0 saturated carbocycles. The molecule has 1 N–H and O–H groups in total. The molecule has 0 spiro atoms. The van der Waals surface area contributed by atoms with Crippen LogP contribution in [-0.2, 0) is 33.8 Å². The second-order valence-corrected chi connectivity index (χ2v) is 8.31. The predicted octanol–water partition coefficient (Wildman–Crippen LogP) is 2.13. The molecule has 1 heterocycles. The van der Waals surface area contributed by atoms with E-state index >= 15 is 0 Å². The van der Waals surface area contributed by atoms with Gasteiger partial charge in [-0.2, -0.15) is 4.31 Å². The molecule has 0 radical (unpaired) electrons. The van der Waals surface area contributed by atoms with Crippen molar-refractivity contribution in [1.29, 1.82) is 0 Å². The standard InChI is InChI=1S/C18H23ClN2O7S/c1-4-21(5-2)29(24,25)13-6-7-14(19)15(10-13)20-17(22)12(3)28-18(23)16-11-26-8-9-27-16/h6-7,10-12H,4-5,8-9H2,1-3H3,(H,20,22)/t12-/m1/s1. The van der Waals surface area contributed by atoms with E-state index in [2.05, 4.69) is 5.32 Å². The third-order valence-electron chi connectivity index (χ3n) is 4.04. The quantitative estimate of drug-likeness (QED) is 0.609. The summed E-state index contributed by atoms with van der Waals surface area (Å²) in [7, 11) is -3.73. The number of nitrogens with zero attached hydrogens (tertiary/aromatic N) is 1. The Morgan fingerprint density at radius 1 is 1.28 bits per heavy atom. The van der Waals surface area contributed by atoms with Gasteiger partial charge in [-0.05, 0) is 25.1 Å². The number of amides is 1.